The maximum Gasteiger partial charge on any atom is 0.364 e. The molecule has 0 atom stereocenters. The van der Waals surface area contributed by atoms with Gasteiger partial charge in [-0.1, -0.05) is 35.7 Å². The van der Waals surface area contributed by atoms with Gasteiger partial charge in [0.2, 0.25) is 0 Å². The Morgan fingerprint density at radius 3 is 2.52 bits per heavy atom. The number of aromatic nitrogens is 2. The van der Waals surface area contributed by atoms with E-state index in [1.807, 2.05) is 6.92 Å². The highest BCUT2D eigenvalue weighted by Crippen LogP contribution is 2.40. The Morgan fingerprint density at radius 2 is 1.90 bits per heavy atom. The van der Waals surface area contributed by atoms with E-state index in [-0.39, 0.29) is 28.3 Å². The van der Waals surface area contributed by atoms with Crippen LogP contribution in [0.3, 0.4) is 0 Å². The van der Waals surface area contributed by atoms with Crippen LogP contribution in [-0.4, -0.2) is 33.0 Å². The van der Waals surface area contributed by atoms with Crippen LogP contribution in [0.5, 0.6) is 0 Å². The lowest BCUT2D eigenvalue weighted by Gasteiger charge is -2.13. The second-order valence-electron chi connectivity index (χ2n) is 7.26. The third kappa shape index (κ3) is 2.79. The minimum atomic E-state index is -0.811. The number of benzene rings is 1. The van der Waals surface area contributed by atoms with Crippen molar-refractivity contribution in [3.8, 4) is 0 Å². The van der Waals surface area contributed by atoms with Gasteiger partial charge in [0.05, 0.1) is 27.8 Å². The average Bonchev–Trinajstić information content (AvgIpc) is 3.47. The zero-order valence-electron chi connectivity index (χ0n) is 15.7. The molecule has 1 aliphatic carbocycles. The van der Waals surface area contributed by atoms with E-state index in [9.17, 15) is 14.4 Å². The summed E-state index contributed by atoms with van der Waals surface area (Å²) in [6, 6.07) is 8.02. The van der Waals surface area contributed by atoms with E-state index in [2.05, 4.69) is 10.1 Å². The van der Waals surface area contributed by atoms with Gasteiger partial charge in [0, 0.05) is 11.6 Å². The minimum Gasteiger partial charge on any atom is -0.336 e. The fourth-order valence-electron chi connectivity index (χ4n) is 3.57. The molecule has 0 saturated heterocycles. The van der Waals surface area contributed by atoms with Crippen LogP contribution in [0.2, 0.25) is 0 Å². The van der Waals surface area contributed by atoms with Gasteiger partial charge in [0.25, 0.3) is 17.5 Å². The number of aryl methyl sites for hydroxylation is 1. The van der Waals surface area contributed by atoms with Crippen molar-refractivity contribution in [3.05, 3.63) is 58.4 Å². The summed E-state index contributed by atoms with van der Waals surface area (Å²) < 4.78 is 5.36. The summed E-state index contributed by atoms with van der Waals surface area (Å²) in [6.07, 6.45) is 3.38. The van der Waals surface area contributed by atoms with Gasteiger partial charge >= 0.3 is 5.97 Å². The number of amides is 2. The molecule has 1 aliphatic heterocycles. The molecule has 2 aliphatic rings. The predicted octanol–water partition coefficient (Wildman–Crippen LogP) is 3.42. The number of hydrogen-bond acceptors (Lipinski definition) is 7. The summed E-state index contributed by atoms with van der Waals surface area (Å²) in [5, 5.41) is 5.04. The van der Waals surface area contributed by atoms with Gasteiger partial charge in [-0.2, -0.15) is 0 Å². The predicted molar refractivity (Wildman–Crippen MR) is 100 cm³/mol. The first-order valence-corrected chi connectivity index (χ1v) is 9.57. The van der Waals surface area contributed by atoms with E-state index in [1.165, 1.54) is 12.1 Å². The molecule has 8 nitrogen and oxygen atoms in total. The Morgan fingerprint density at radius 1 is 1.21 bits per heavy atom. The molecule has 2 aromatic heterocycles. The monoisotopic (exact) mass is 391 g/mol. The second-order valence-corrected chi connectivity index (χ2v) is 7.26. The van der Waals surface area contributed by atoms with Gasteiger partial charge in [0.1, 0.15) is 0 Å². The maximum absolute atomic E-state index is 13.0. The number of carbonyl (C=O) groups is 3. The molecular weight excluding hydrogens is 374 g/mol. The molecule has 0 bridgehead atoms. The smallest absolute Gasteiger partial charge is 0.336 e. The standard InChI is InChI=1S/C21H17N3O5/c1-2-5-15-17-14(10-16(11-8-9-11)22-18(17)28-23-15)21(27)29-24-19(25)12-6-3-4-7-13(12)20(24)26/h3-4,6-7,10-11H,2,5,8-9H2,1H3. The molecule has 8 heteroatoms. The number of hydroxylamine groups is 2. The van der Waals surface area contributed by atoms with Gasteiger partial charge < -0.3 is 9.36 Å². The summed E-state index contributed by atoms with van der Waals surface area (Å²) in [5.41, 5.74) is 2.23. The van der Waals surface area contributed by atoms with Crippen molar-refractivity contribution < 1.29 is 23.7 Å². The van der Waals surface area contributed by atoms with Gasteiger partial charge in [-0.3, -0.25) is 9.59 Å². The van der Waals surface area contributed by atoms with Gasteiger partial charge in [0.15, 0.2) is 0 Å². The fourth-order valence-corrected chi connectivity index (χ4v) is 3.57. The molecule has 5 rings (SSSR count). The molecule has 0 spiro atoms. The van der Waals surface area contributed by atoms with Crippen LogP contribution in [0, 0.1) is 0 Å². The topological polar surface area (TPSA) is 103 Å². The van der Waals surface area contributed by atoms with Crippen LogP contribution in [0.1, 0.15) is 74.6 Å². The largest absolute Gasteiger partial charge is 0.364 e. The molecule has 3 heterocycles. The molecule has 0 N–H and O–H groups in total. The molecular formula is C21H17N3O5. The average molecular weight is 391 g/mol. The van der Waals surface area contributed by atoms with Crippen LogP contribution in [0.4, 0.5) is 0 Å². The van der Waals surface area contributed by atoms with Gasteiger partial charge in [-0.05, 0) is 37.5 Å². The molecule has 146 valence electrons. The highest BCUT2D eigenvalue weighted by atomic mass is 16.7. The number of carbonyl (C=O) groups excluding carboxylic acids is 3. The molecule has 0 unspecified atom stereocenters. The zero-order chi connectivity index (χ0) is 20.1. The summed E-state index contributed by atoms with van der Waals surface area (Å²) in [6.45, 7) is 1.99. The molecule has 1 saturated carbocycles. The number of pyridine rings is 1. The van der Waals surface area contributed by atoms with E-state index >= 15 is 0 Å². The van der Waals surface area contributed by atoms with E-state index in [4.69, 9.17) is 9.36 Å². The van der Waals surface area contributed by atoms with Crippen LogP contribution >= 0.6 is 0 Å². The Kier molecular flexibility index (Phi) is 3.94. The third-order valence-electron chi connectivity index (χ3n) is 5.17. The van der Waals surface area contributed by atoms with Crippen molar-refractivity contribution in [2.24, 2.45) is 0 Å². The quantitative estimate of drug-likeness (QED) is 0.614. The summed E-state index contributed by atoms with van der Waals surface area (Å²) in [4.78, 5) is 47.9. The van der Waals surface area contributed by atoms with E-state index in [1.54, 1.807) is 18.2 Å². The summed E-state index contributed by atoms with van der Waals surface area (Å²) in [5.74, 6) is -1.86. The Bertz CT molecular complexity index is 1140. The van der Waals surface area contributed by atoms with Gasteiger partial charge in [-0.15, -0.1) is 0 Å². The number of hydrogen-bond donors (Lipinski definition) is 0. The zero-order valence-corrected chi connectivity index (χ0v) is 15.7. The number of rotatable bonds is 5. The SMILES string of the molecule is CCCc1noc2nc(C3CC3)cc(C(=O)ON3C(=O)c4ccccc4C3=O)c12. The first-order chi connectivity index (χ1) is 14.1. The lowest BCUT2D eigenvalue weighted by molar-refractivity contribution is -0.0583. The van der Waals surface area contributed by atoms with Crippen molar-refractivity contribution in [2.75, 3.05) is 0 Å². The molecule has 1 fully saturated rings. The maximum atomic E-state index is 13.0. The number of fused-ring (bicyclic) bond motifs is 2. The first-order valence-electron chi connectivity index (χ1n) is 9.57. The summed E-state index contributed by atoms with van der Waals surface area (Å²) in [7, 11) is 0. The van der Waals surface area contributed by atoms with Crippen LogP contribution in [0.25, 0.3) is 11.1 Å². The Hall–Kier alpha value is -3.55. The lowest BCUT2D eigenvalue weighted by Crippen LogP contribution is -2.32. The molecule has 2 amide bonds. The van der Waals surface area contributed by atoms with Crippen molar-refractivity contribution in [1.29, 1.82) is 0 Å². The van der Waals surface area contributed by atoms with Crippen molar-refractivity contribution >= 4 is 28.9 Å². The van der Waals surface area contributed by atoms with Crippen molar-refractivity contribution in [2.45, 2.75) is 38.5 Å². The second kappa shape index (κ2) is 6.51. The minimum absolute atomic E-state index is 0.207. The molecule has 3 aromatic rings. The van der Waals surface area contributed by atoms with Gasteiger partial charge in [-0.25, -0.2) is 9.78 Å². The van der Waals surface area contributed by atoms with Crippen LogP contribution in [-0.2, 0) is 11.3 Å². The van der Waals surface area contributed by atoms with E-state index < -0.39 is 17.8 Å². The molecule has 1 aromatic carbocycles. The number of imide groups is 1. The van der Waals surface area contributed by atoms with Crippen molar-refractivity contribution in [3.63, 3.8) is 0 Å². The van der Waals surface area contributed by atoms with Crippen molar-refractivity contribution in [1.82, 2.24) is 15.2 Å². The number of nitrogens with zero attached hydrogens (tertiary/aromatic N) is 3. The highest BCUT2D eigenvalue weighted by Gasteiger charge is 2.39. The highest BCUT2D eigenvalue weighted by molar-refractivity contribution is 6.21. The normalized spacial score (nSPS) is 15.8. The summed E-state index contributed by atoms with van der Waals surface area (Å²) >= 11 is 0. The Labute approximate surface area is 165 Å². The lowest BCUT2D eigenvalue weighted by atomic mass is 10.1. The van der Waals surface area contributed by atoms with Crippen LogP contribution < -0.4 is 0 Å². The molecule has 29 heavy (non-hydrogen) atoms. The van der Waals surface area contributed by atoms with Crippen LogP contribution in [0.15, 0.2) is 34.9 Å². The van der Waals surface area contributed by atoms with E-state index in [0.29, 0.717) is 22.6 Å². The Balaban J connectivity index is 1.53. The first kappa shape index (κ1) is 17.5. The third-order valence-corrected chi connectivity index (χ3v) is 5.17. The molecule has 0 radical (unpaired) electrons. The fraction of sp³-hybridized carbons (Fsp3) is 0.286. The van der Waals surface area contributed by atoms with E-state index in [0.717, 1.165) is 25.0 Å².